The fourth-order valence-corrected chi connectivity index (χ4v) is 4.14. The quantitative estimate of drug-likeness (QED) is 0.856. The molecular weight excluding hydrogens is 383 g/mol. The average molecular weight is 399 g/mol. The third-order valence-electron chi connectivity index (χ3n) is 4.12. The van der Waals surface area contributed by atoms with Gasteiger partial charge in [0.25, 0.3) is 10.0 Å². The largest absolute Gasteiger partial charge is 0.338 e. The molecule has 0 saturated carbocycles. The highest BCUT2D eigenvalue weighted by Crippen LogP contribution is 2.28. The highest BCUT2D eigenvalue weighted by molar-refractivity contribution is 7.92. The van der Waals surface area contributed by atoms with Gasteiger partial charge in [-0.05, 0) is 47.9 Å². The molecule has 0 atom stereocenters. The molecule has 3 rings (SSSR count). The van der Waals surface area contributed by atoms with Gasteiger partial charge in [-0.15, -0.1) is 0 Å². The van der Waals surface area contributed by atoms with Crippen LogP contribution in [0.25, 0.3) is 0 Å². The van der Waals surface area contributed by atoms with Crippen LogP contribution in [0, 0.1) is 0 Å². The van der Waals surface area contributed by atoms with Crippen molar-refractivity contribution in [3.05, 3.63) is 57.6 Å². The molecule has 0 spiro atoms. The van der Waals surface area contributed by atoms with Crippen molar-refractivity contribution >= 4 is 44.8 Å². The van der Waals surface area contributed by atoms with Crippen molar-refractivity contribution in [3.8, 4) is 0 Å². The normalized spacial score (nSPS) is 14.1. The van der Waals surface area contributed by atoms with E-state index in [9.17, 15) is 13.2 Å². The maximum Gasteiger partial charge on any atom is 0.261 e. The molecule has 0 aromatic heterocycles. The zero-order valence-electron chi connectivity index (χ0n) is 13.4. The molecular formula is C17H16Cl2N2O3S. The summed E-state index contributed by atoms with van der Waals surface area (Å²) in [4.78, 5) is 13.4. The topological polar surface area (TPSA) is 66.5 Å². The smallest absolute Gasteiger partial charge is 0.261 e. The van der Waals surface area contributed by atoms with Crippen molar-refractivity contribution in [3.63, 3.8) is 0 Å². The fourth-order valence-electron chi connectivity index (χ4n) is 2.74. The number of halogens is 2. The number of benzene rings is 2. The standard InChI is InChI=1S/C17H16Cl2N2O3S/c1-11(22)21-7-6-12-2-4-15(8-13(12)10-21)25(23,24)20-14-3-5-16(18)17(19)9-14/h2-5,8-9,20H,6-7,10H2,1H3. The van der Waals surface area contributed by atoms with Crippen LogP contribution in [0.3, 0.4) is 0 Å². The van der Waals surface area contributed by atoms with Crippen molar-refractivity contribution < 1.29 is 13.2 Å². The van der Waals surface area contributed by atoms with E-state index in [0.29, 0.717) is 23.8 Å². The second kappa shape index (κ2) is 6.86. The Hall–Kier alpha value is -1.76. The van der Waals surface area contributed by atoms with Gasteiger partial charge in [-0.1, -0.05) is 29.3 Å². The number of carbonyl (C=O) groups is 1. The van der Waals surface area contributed by atoms with E-state index in [-0.39, 0.29) is 15.8 Å². The van der Waals surface area contributed by atoms with E-state index < -0.39 is 10.0 Å². The van der Waals surface area contributed by atoms with Gasteiger partial charge in [0.05, 0.1) is 20.6 Å². The average Bonchev–Trinajstić information content (AvgIpc) is 2.57. The van der Waals surface area contributed by atoms with Crippen molar-refractivity contribution in [2.75, 3.05) is 11.3 Å². The minimum Gasteiger partial charge on any atom is -0.338 e. The highest BCUT2D eigenvalue weighted by atomic mass is 35.5. The Morgan fingerprint density at radius 3 is 2.52 bits per heavy atom. The molecule has 1 aliphatic heterocycles. The number of sulfonamides is 1. The summed E-state index contributed by atoms with van der Waals surface area (Å²) in [6.07, 6.45) is 0.718. The van der Waals surface area contributed by atoms with Gasteiger partial charge < -0.3 is 4.90 Å². The predicted molar refractivity (Wildman–Crippen MR) is 98.5 cm³/mol. The first-order valence-electron chi connectivity index (χ1n) is 7.61. The summed E-state index contributed by atoms with van der Waals surface area (Å²) in [5, 5.41) is 0.618. The van der Waals surface area contributed by atoms with E-state index in [2.05, 4.69) is 4.72 Å². The van der Waals surface area contributed by atoms with Gasteiger partial charge >= 0.3 is 0 Å². The number of fused-ring (bicyclic) bond motifs is 1. The van der Waals surface area contributed by atoms with E-state index in [1.807, 2.05) is 0 Å². The van der Waals surface area contributed by atoms with Gasteiger partial charge in [-0.3, -0.25) is 9.52 Å². The first-order chi connectivity index (χ1) is 11.8. The van der Waals surface area contributed by atoms with Crippen molar-refractivity contribution in [2.24, 2.45) is 0 Å². The Balaban J connectivity index is 1.89. The summed E-state index contributed by atoms with van der Waals surface area (Å²) in [5.74, 6) is -0.0205. The highest BCUT2D eigenvalue weighted by Gasteiger charge is 2.22. The molecule has 0 bridgehead atoms. The molecule has 1 N–H and O–H groups in total. The number of hydrogen-bond acceptors (Lipinski definition) is 3. The summed E-state index contributed by atoms with van der Waals surface area (Å²) in [7, 11) is -3.77. The lowest BCUT2D eigenvalue weighted by Crippen LogP contribution is -2.34. The molecule has 0 saturated heterocycles. The van der Waals surface area contributed by atoms with Crippen LogP contribution >= 0.6 is 23.2 Å². The molecule has 0 fully saturated rings. The molecule has 2 aromatic carbocycles. The minimum absolute atomic E-state index is 0.0205. The Morgan fingerprint density at radius 2 is 1.84 bits per heavy atom. The first-order valence-corrected chi connectivity index (χ1v) is 9.85. The van der Waals surface area contributed by atoms with E-state index in [0.717, 1.165) is 17.5 Å². The van der Waals surface area contributed by atoms with Gasteiger partial charge in [0.2, 0.25) is 5.91 Å². The molecule has 0 radical (unpaired) electrons. The predicted octanol–water partition coefficient (Wildman–Crippen LogP) is 3.70. The molecule has 8 heteroatoms. The van der Waals surface area contributed by atoms with Crippen LogP contribution in [0.5, 0.6) is 0 Å². The number of nitrogens with one attached hydrogen (secondary N) is 1. The molecule has 132 valence electrons. The zero-order chi connectivity index (χ0) is 18.2. The van der Waals surface area contributed by atoms with E-state index in [1.165, 1.54) is 19.1 Å². The molecule has 25 heavy (non-hydrogen) atoms. The van der Waals surface area contributed by atoms with Gasteiger partial charge in [0.1, 0.15) is 0 Å². The van der Waals surface area contributed by atoms with Crippen molar-refractivity contribution in [1.82, 2.24) is 4.90 Å². The summed E-state index contributed by atoms with van der Waals surface area (Å²) in [5.41, 5.74) is 2.24. The van der Waals surface area contributed by atoms with Crippen LogP contribution in [0.4, 0.5) is 5.69 Å². The van der Waals surface area contributed by atoms with Gasteiger partial charge in [0.15, 0.2) is 0 Å². The fraction of sp³-hybridized carbons (Fsp3) is 0.235. The van der Waals surface area contributed by atoms with Crippen LogP contribution in [0.2, 0.25) is 10.0 Å². The molecule has 5 nitrogen and oxygen atoms in total. The van der Waals surface area contributed by atoms with Crippen LogP contribution in [0.1, 0.15) is 18.1 Å². The maximum atomic E-state index is 12.6. The van der Waals surface area contributed by atoms with E-state index >= 15 is 0 Å². The Morgan fingerprint density at radius 1 is 1.08 bits per heavy atom. The number of carbonyl (C=O) groups excluding carboxylic acids is 1. The summed E-state index contributed by atoms with van der Waals surface area (Å²) in [6.45, 7) is 2.58. The second-order valence-corrected chi connectivity index (χ2v) is 8.35. The monoisotopic (exact) mass is 398 g/mol. The molecule has 1 heterocycles. The maximum absolute atomic E-state index is 12.6. The van der Waals surface area contributed by atoms with Crippen LogP contribution in [0.15, 0.2) is 41.3 Å². The number of anilines is 1. The Kier molecular flexibility index (Phi) is 4.95. The Bertz CT molecular complexity index is 945. The molecule has 0 aliphatic carbocycles. The van der Waals surface area contributed by atoms with Crippen LogP contribution in [-0.4, -0.2) is 25.8 Å². The lowest BCUT2D eigenvalue weighted by Gasteiger charge is -2.28. The summed E-state index contributed by atoms with van der Waals surface area (Å²) >= 11 is 11.8. The van der Waals surface area contributed by atoms with Gasteiger partial charge in [-0.2, -0.15) is 0 Å². The lowest BCUT2D eigenvalue weighted by atomic mass is 10.00. The molecule has 0 unspecified atom stereocenters. The molecule has 1 amide bonds. The number of rotatable bonds is 3. The van der Waals surface area contributed by atoms with E-state index in [1.54, 1.807) is 29.2 Å². The van der Waals surface area contributed by atoms with E-state index in [4.69, 9.17) is 23.2 Å². The SMILES string of the molecule is CC(=O)N1CCc2ccc(S(=O)(=O)Nc3ccc(Cl)c(Cl)c3)cc2C1. The molecule has 2 aromatic rings. The second-order valence-electron chi connectivity index (χ2n) is 5.86. The van der Waals surface area contributed by atoms with Crippen molar-refractivity contribution in [2.45, 2.75) is 24.8 Å². The first kappa shape index (κ1) is 18.0. The number of amides is 1. The van der Waals surface area contributed by atoms with Crippen molar-refractivity contribution in [1.29, 1.82) is 0 Å². The van der Waals surface area contributed by atoms with Crippen LogP contribution in [-0.2, 0) is 27.8 Å². The minimum atomic E-state index is -3.77. The number of nitrogens with zero attached hydrogens (tertiary/aromatic N) is 1. The molecule has 1 aliphatic rings. The van der Waals surface area contributed by atoms with Gasteiger partial charge in [-0.25, -0.2) is 8.42 Å². The van der Waals surface area contributed by atoms with Gasteiger partial charge in [0, 0.05) is 20.0 Å². The zero-order valence-corrected chi connectivity index (χ0v) is 15.7. The third kappa shape index (κ3) is 3.92. The van der Waals surface area contributed by atoms with Crippen LogP contribution < -0.4 is 4.72 Å². The summed E-state index contributed by atoms with van der Waals surface area (Å²) in [6, 6.07) is 9.51. The summed E-state index contributed by atoms with van der Waals surface area (Å²) < 4.78 is 27.8. The number of hydrogen-bond donors (Lipinski definition) is 1. The third-order valence-corrected chi connectivity index (χ3v) is 6.24. The Labute approximate surface area is 156 Å². The lowest BCUT2D eigenvalue weighted by molar-refractivity contribution is -0.129.